The maximum atomic E-state index is 10.3. The van der Waals surface area contributed by atoms with Crippen LogP contribution in [0.2, 0.25) is 0 Å². The first-order valence-electron chi connectivity index (χ1n) is 8.14. The van der Waals surface area contributed by atoms with Crippen LogP contribution in [0.1, 0.15) is 78.1 Å². The molecule has 2 heteroatoms. The summed E-state index contributed by atoms with van der Waals surface area (Å²) in [5, 5.41) is 8.49. The number of carboxylic acid groups (broad SMARTS) is 1. The van der Waals surface area contributed by atoms with Gasteiger partial charge in [-0.3, -0.25) is 4.79 Å². The van der Waals surface area contributed by atoms with E-state index >= 15 is 0 Å². The third-order valence-electron chi connectivity index (χ3n) is 3.27. The van der Waals surface area contributed by atoms with Gasteiger partial charge in [-0.2, -0.15) is 0 Å². The lowest BCUT2D eigenvalue weighted by Crippen LogP contribution is -1.92. The zero-order chi connectivity index (χ0) is 15.1. The highest BCUT2D eigenvalue weighted by Gasteiger charge is 1.94. The molecule has 0 aromatic heterocycles. The van der Waals surface area contributed by atoms with Crippen LogP contribution >= 0.6 is 0 Å². The van der Waals surface area contributed by atoms with Crippen molar-refractivity contribution >= 4 is 5.97 Å². The number of carbonyl (C=O) groups is 1. The molecule has 0 bridgehead atoms. The lowest BCUT2D eigenvalue weighted by Gasteiger charge is -2.02. The van der Waals surface area contributed by atoms with Gasteiger partial charge in [0, 0.05) is 6.42 Å². The molecule has 1 N–H and O–H groups in total. The van der Waals surface area contributed by atoms with Gasteiger partial charge in [-0.15, -0.1) is 0 Å². The van der Waals surface area contributed by atoms with E-state index in [4.69, 9.17) is 5.11 Å². The molecule has 0 aromatic rings. The predicted molar refractivity (Wildman–Crippen MR) is 86.9 cm³/mol. The van der Waals surface area contributed by atoms with Crippen molar-refractivity contribution in [3.63, 3.8) is 0 Å². The number of allylic oxidation sites excluding steroid dienone is 4. The van der Waals surface area contributed by atoms with Crippen LogP contribution in [-0.4, -0.2) is 11.1 Å². The summed E-state index contributed by atoms with van der Waals surface area (Å²) in [5.74, 6) is 0.150. The topological polar surface area (TPSA) is 37.3 Å². The first-order valence-corrected chi connectivity index (χ1v) is 8.14. The minimum absolute atomic E-state index is 0.296. The highest BCUT2D eigenvalue weighted by Crippen LogP contribution is 2.09. The van der Waals surface area contributed by atoms with Crippen LogP contribution in [0.3, 0.4) is 0 Å². The quantitative estimate of drug-likeness (QED) is 0.345. The fraction of sp³-hybridized carbons (Fsp3) is 0.722. The summed E-state index contributed by atoms with van der Waals surface area (Å²) in [5.41, 5.74) is 0. The smallest absolute Gasteiger partial charge is 0.303 e. The molecule has 0 aliphatic heterocycles. The molecule has 0 saturated heterocycles. The molecule has 20 heavy (non-hydrogen) atoms. The Morgan fingerprint density at radius 2 is 1.50 bits per heavy atom. The fourth-order valence-corrected chi connectivity index (χ4v) is 2.04. The number of carboxylic acids is 1. The number of aliphatic carboxylic acids is 1. The molecule has 0 unspecified atom stereocenters. The summed E-state index contributed by atoms with van der Waals surface area (Å²) in [6, 6.07) is 0. The van der Waals surface area contributed by atoms with Gasteiger partial charge < -0.3 is 5.11 Å². The van der Waals surface area contributed by atoms with Gasteiger partial charge in [0.05, 0.1) is 0 Å². The normalized spacial score (nSPS) is 11.9. The molecule has 0 amide bonds. The van der Waals surface area contributed by atoms with E-state index in [1.54, 1.807) is 0 Å². The van der Waals surface area contributed by atoms with Gasteiger partial charge in [-0.25, -0.2) is 0 Å². The Morgan fingerprint density at radius 3 is 2.05 bits per heavy atom. The van der Waals surface area contributed by atoms with Crippen LogP contribution in [0.5, 0.6) is 0 Å². The molecular formula is C18H32O2. The van der Waals surface area contributed by atoms with Crippen LogP contribution in [0.25, 0.3) is 0 Å². The number of unbranched alkanes of at least 4 members (excludes halogenated alkanes) is 5. The molecule has 0 atom stereocenters. The van der Waals surface area contributed by atoms with Crippen molar-refractivity contribution in [2.24, 2.45) is 5.92 Å². The SMILES string of the molecule is CC(C)CCCCC/C=C/C/C=C/CCCCC(=O)O. The monoisotopic (exact) mass is 280 g/mol. The predicted octanol–water partition coefficient (Wildman–Crippen LogP) is 5.74. The number of rotatable bonds is 13. The fourth-order valence-electron chi connectivity index (χ4n) is 2.04. The minimum Gasteiger partial charge on any atom is -0.481 e. The van der Waals surface area contributed by atoms with Crippen LogP contribution in [0.4, 0.5) is 0 Å². The van der Waals surface area contributed by atoms with Gasteiger partial charge in [0.2, 0.25) is 0 Å². The van der Waals surface area contributed by atoms with Gasteiger partial charge in [0.1, 0.15) is 0 Å². The molecule has 0 heterocycles. The third kappa shape index (κ3) is 16.9. The summed E-state index contributed by atoms with van der Waals surface area (Å²) < 4.78 is 0. The number of hydrogen-bond donors (Lipinski definition) is 1. The van der Waals surface area contributed by atoms with E-state index < -0.39 is 5.97 Å². The summed E-state index contributed by atoms with van der Waals surface area (Å²) in [4.78, 5) is 10.3. The van der Waals surface area contributed by atoms with Crippen molar-refractivity contribution in [2.45, 2.75) is 78.1 Å². The molecule has 0 aliphatic carbocycles. The van der Waals surface area contributed by atoms with Crippen LogP contribution in [0, 0.1) is 5.92 Å². The lowest BCUT2D eigenvalue weighted by atomic mass is 10.0. The van der Waals surface area contributed by atoms with Crippen LogP contribution in [-0.2, 0) is 4.79 Å². The summed E-state index contributed by atoms with van der Waals surface area (Å²) in [6.07, 6.45) is 19.5. The summed E-state index contributed by atoms with van der Waals surface area (Å²) >= 11 is 0. The van der Waals surface area contributed by atoms with Gasteiger partial charge in [0.25, 0.3) is 0 Å². The molecule has 0 fully saturated rings. The molecule has 116 valence electrons. The van der Waals surface area contributed by atoms with Crippen molar-refractivity contribution in [3.05, 3.63) is 24.3 Å². The Kier molecular flexibility index (Phi) is 13.6. The van der Waals surface area contributed by atoms with Gasteiger partial charge in [-0.05, 0) is 44.4 Å². The van der Waals surface area contributed by atoms with E-state index in [1.165, 1.54) is 32.1 Å². The Labute approximate surface area is 125 Å². The Bertz CT molecular complexity index is 277. The van der Waals surface area contributed by atoms with Gasteiger partial charge >= 0.3 is 5.97 Å². The third-order valence-corrected chi connectivity index (χ3v) is 3.27. The Balaban J connectivity index is 3.24. The molecule has 0 aromatic carbocycles. The zero-order valence-electron chi connectivity index (χ0n) is 13.3. The Morgan fingerprint density at radius 1 is 0.900 bits per heavy atom. The lowest BCUT2D eigenvalue weighted by molar-refractivity contribution is -0.137. The first-order chi connectivity index (χ1) is 9.63. The van der Waals surface area contributed by atoms with Crippen molar-refractivity contribution in [2.75, 3.05) is 0 Å². The van der Waals surface area contributed by atoms with Crippen molar-refractivity contribution in [1.29, 1.82) is 0 Å². The van der Waals surface area contributed by atoms with Crippen molar-refractivity contribution < 1.29 is 9.90 Å². The van der Waals surface area contributed by atoms with Gasteiger partial charge in [-0.1, -0.05) is 57.4 Å². The maximum absolute atomic E-state index is 10.3. The van der Waals surface area contributed by atoms with Gasteiger partial charge in [0.15, 0.2) is 0 Å². The average Bonchev–Trinajstić information content (AvgIpc) is 2.38. The zero-order valence-corrected chi connectivity index (χ0v) is 13.3. The molecule has 0 saturated carbocycles. The maximum Gasteiger partial charge on any atom is 0.303 e. The van der Waals surface area contributed by atoms with Crippen molar-refractivity contribution in [3.8, 4) is 0 Å². The standard InChI is InChI=1S/C18H32O2/c1-17(2)15-13-11-9-7-5-3-4-6-8-10-12-14-16-18(19)20/h3,5-6,8,17H,4,7,9-16H2,1-2H3,(H,19,20)/b5-3+,8-6+. The molecule has 0 aliphatic rings. The highest BCUT2D eigenvalue weighted by atomic mass is 16.4. The molecule has 2 nitrogen and oxygen atoms in total. The molecule has 0 rings (SSSR count). The Hall–Kier alpha value is -1.05. The van der Waals surface area contributed by atoms with Crippen LogP contribution in [0.15, 0.2) is 24.3 Å². The molecule has 0 radical (unpaired) electrons. The average molecular weight is 280 g/mol. The van der Waals surface area contributed by atoms with Crippen LogP contribution < -0.4 is 0 Å². The first kappa shape index (κ1) is 18.9. The van der Waals surface area contributed by atoms with Crippen molar-refractivity contribution in [1.82, 2.24) is 0 Å². The van der Waals surface area contributed by atoms with E-state index in [1.807, 2.05) is 0 Å². The molecular weight excluding hydrogens is 248 g/mol. The van der Waals surface area contributed by atoms with E-state index in [0.29, 0.717) is 6.42 Å². The second kappa shape index (κ2) is 14.4. The second-order valence-corrected chi connectivity index (χ2v) is 5.85. The second-order valence-electron chi connectivity index (χ2n) is 5.85. The summed E-state index contributed by atoms with van der Waals surface area (Å²) in [7, 11) is 0. The number of hydrogen-bond acceptors (Lipinski definition) is 1. The largest absolute Gasteiger partial charge is 0.481 e. The summed E-state index contributed by atoms with van der Waals surface area (Å²) in [6.45, 7) is 4.57. The van der Waals surface area contributed by atoms with E-state index in [-0.39, 0.29) is 0 Å². The van der Waals surface area contributed by atoms with E-state index in [0.717, 1.165) is 31.6 Å². The minimum atomic E-state index is -0.690. The molecule has 0 spiro atoms. The van der Waals surface area contributed by atoms with E-state index in [2.05, 4.69) is 38.2 Å². The van der Waals surface area contributed by atoms with E-state index in [9.17, 15) is 4.79 Å². The highest BCUT2D eigenvalue weighted by molar-refractivity contribution is 5.66.